The highest BCUT2D eigenvalue weighted by molar-refractivity contribution is 5.92. The number of hydrogen-bond acceptors (Lipinski definition) is 5. The zero-order valence-electron chi connectivity index (χ0n) is 17.2. The molecule has 1 saturated heterocycles. The van der Waals surface area contributed by atoms with Crippen LogP contribution >= 0.6 is 0 Å². The molecular weight excluding hydrogens is 350 g/mol. The molecule has 28 heavy (non-hydrogen) atoms. The molecule has 0 bridgehead atoms. The molecule has 1 aromatic carbocycles. The fraction of sp³-hybridized carbons (Fsp3) is 0.500. The quantitative estimate of drug-likeness (QED) is 0.804. The predicted molar refractivity (Wildman–Crippen MR) is 114 cm³/mol. The van der Waals surface area contributed by atoms with Crippen molar-refractivity contribution in [3.05, 3.63) is 41.6 Å². The second-order valence-electron chi connectivity index (χ2n) is 7.31. The molecule has 1 N–H and O–H groups in total. The average molecular weight is 382 g/mol. The van der Waals surface area contributed by atoms with Gasteiger partial charge in [0.05, 0.1) is 0 Å². The van der Waals surface area contributed by atoms with Gasteiger partial charge in [0, 0.05) is 37.6 Å². The molecular formula is C22H31N5O. The van der Waals surface area contributed by atoms with Gasteiger partial charge in [0.15, 0.2) is 11.5 Å². The standard InChI is InChI=1S/C22H31N5O/c1-4-26(5-2)18-10-11-19(17(3)16-18)23-21-13-12-20(24-25-21)22(28)27-14-8-6-7-9-15-27/h10-13,16H,4-9,14-15H2,1-3H3,(H,23,25). The number of likely N-dealkylation sites (tertiary alicyclic amines) is 1. The van der Waals surface area contributed by atoms with E-state index in [1.165, 1.54) is 18.5 Å². The molecule has 2 heterocycles. The van der Waals surface area contributed by atoms with Crippen LogP contribution in [-0.4, -0.2) is 47.2 Å². The first-order chi connectivity index (χ1) is 13.6. The third-order valence-corrected chi connectivity index (χ3v) is 5.38. The van der Waals surface area contributed by atoms with E-state index in [2.05, 4.69) is 59.4 Å². The number of rotatable bonds is 6. The van der Waals surface area contributed by atoms with Gasteiger partial charge in [0.2, 0.25) is 0 Å². The maximum atomic E-state index is 12.6. The molecule has 0 radical (unpaired) electrons. The number of nitrogens with zero attached hydrogens (tertiary/aromatic N) is 4. The Kier molecular flexibility index (Phi) is 6.85. The van der Waals surface area contributed by atoms with Gasteiger partial charge in [-0.1, -0.05) is 12.8 Å². The number of nitrogens with one attached hydrogen (secondary N) is 1. The number of anilines is 3. The van der Waals surface area contributed by atoms with E-state index in [9.17, 15) is 4.79 Å². The fourth-order valence-corrected chi connectivity index (χ4v) is 3.66. The van der Waals surface area contributed by atoms with Crippen molar-refractivity contribution in [3.63, 3.8) is 0 Å². The van der Waals surface area contributed by atoms with Gasteiger partial charge in [0.25, 0.3) is 5.91 Å². The van der Waals surface area contributed by atoms with Gasteiger partial charge >= 0.3 is 0 Å². The van der Waals surface area contributed by atoms with Crippen LogP contribution in [0.15, 0.2) is 30.3 Å². The van der Waals surface area contributed by atoms with Crippen LogP contribution in [0.4, 0.5) is 17.2 Å². The van der Waals surface area contributed by atoms with E-state index in [1.54, 1.807) is 6.07 Å². The van der Waals surface area contributed by atoms with Crippen molar-refractivity contribution in [2.75, 3.05) is 36.4 Å². The molecule has 1 aliphatic heterocycles. The molecule has 1 aromatic heterocycles. The number of hydrogen-bond donors (Lipinski definition) is 1. The Morgan fingerprint density at radius 1 is 1.04 bits per heavy atom. The molecule has 0 unspecified atom stereocenters. The summed E-state index contributed by atoms with van der Waals surface area (Å²) in [5, 5.41) is 11.7. The van der Waals surface area contributed by atoms with E-state index < -0.39 is 0 Å². The Morgan fingerprint density at radius 3 is 2.32 bits per heavy atom. The maximum Gasteiger partial charge on any atom is 0.274 e. The van der Waals surface area contributed by atoms with Crippen LogP contribution in [-0.2, 0) is 0 Å². The second-order valence-corrected chi connectivity index (χ2v) is 7.31. The van der Waals surface area contributed by atoms with Crippen LogP contribution in [0.1, 0.15) is 55.6 Å². The lowest BCUT2D eigenvalue weighted by Gasteiger charge is -2.22. The molecule has 6 nitrogen and oxygen atoms in total. The minimum absolute atomic E-state index is 0.0132. The van der Waals surface area contributed by atoms with Crippen molar-refractivity contribution in [1.82, 2.24) is 15.1 Å². The van der Waals surface area contributed by atoms with E-state index in [-0.39, 0.29) is 5.91 Å². The Labute approximate surface area is 168 Å². The van der Waals surface area contributed by atoms with Crippen molar-refractivity contribution in [1.29, 1.82) is 0 Å². The summed E-state index contributed by atoms with van der Waals surface area (Å²) in [7, 11) is 0. The van der Waals surface area contributed by atoms with E-state index in [0.29, 0.717) is 11.5 Å². The van der Waals surface area contributed by atoms with E-state index in [4.69, 9.17) is 0 Å². The largest absolute Gasteiger partial charge is 0.372 e. The second kappa shape index (κ2) is 9.53. The van der Waals surface area contributed by atoms with Crippen molar-refractivity contribution < 1.29 is 4.79 Å². The number of carbonyl (C=O) groups is 1. The summed E-state index contributed by atoms with van der Waals surface area (Å²) in [5.74, 6) is 0.631. The molecule has 1 amide bonds. The lowest BCUT2D eigenvalue weighted by Crippen LogP contribution is -2.32. The first kappa shape index (κ1) is 20.1. The molecule has 2 aromatic rings. The normalized spacial score (nSPS) is 14.5. The van der Waals surface area contributed by atoms with E-state index >= 15 is 0 Å². The number of aryl methyl sites for hydroxylation is 1. The SMILES string of the molecule is CCN(CC)c1ccc(Nc2ccc(C(=O)N3CCCCCC3)nn2)c(C)c1. The molecule has 0 saturated carbocycles. The molecule has 0 aliphatic carbocycles. The first-order valence-corrected chi connectivity index (χ1v) is 10.4. The Hall–Kier alpha value is -2.63. The van der Waals surface area contributed by atoms with Gasteiger partial charge in [-0.25, -0.2) is 0 Å². The number of aromatic nitrogens is 2. The zero-order valence-corrected chi connectivity index (χ0v) is 17.2. The van der Waals surface area contributed by atoms with Gasteiger partial charge < -0.3 is 15.1 Å². The van der Waals surface area contributed by atoms with Crippen molar-refractivity contribution >= 4 is 23.1 Å². The average Bonchev–Trinajstić information content (AvgIpc) is 3.00. The molecule has 0 spiro atoms. The highest BCUT2D eigenvalue weighted by Gasteiger charge is 2.18. The van der Waals surface area contributed by atoms with Crippen LogP contribution in [0.5, 0.6) is 0 Å². The molecule has 0 atom stereocenters. The smallest absolute Gasteiger partial charge is 0.274 e. The molecule has 1 fully saturated rings. The lowest BCUT2D eigenvalue weighted by molar-refractivity contribution is 0.0754. The summed E-state index contributed by atoms with van der Waals surface area (Å²) in [5.41, 5.74) is 3.78. The Morgan fingerprint density at radius 2 is 1.75 bits per heavy atom. The Balaban J connectivity index is 1.68. The van der Waals surface area contributed by atoms with Gasteiger partial charge in [0.1, 0.15) is 0 Å². The number of carbonyl (C=O) groups excluding carboxylic acids is 1. The summed E-state index contributed by atoms with van der Waals surface area (Å²) >= 11 is 0. The van der Waals surface area contributed by atoms with Gasteiger partial charge in [-0.15, -0.1) is 10.2 Å². The summed E-state index contributed by atoms with van der Waals surface area (Å²) in [6, 6.07) is 9.96. The highest BCUT2D eigenvalue weighted by atomic mass is 16.2. The van der Waals surface area contributed by atoms with E-state index in [0.717, 1.165) is 50.3 Å². The number of benzene rings is 1. The Bertz CT molecular complexity index is 778. The summed E-state index contributed by atoms with van der Waals surface area (Å²) < 4.78 is 0. The summed E-state index contributed by atoms with van der Waals surface area (Å²) in [6.45, 7) is 10.0. The molecule has 3 rings (SSSR count). The van der Waals surface area contributed by atoms with Crippen LogP contribution in [0, 0.1) is 6.92 Å². The third-order valence-electron chi connectivity index (χ3n) is 5.38. The van der Waals surface area contributed by atoms with Crippen molar-refractivity contribution in [2.24, 2.45) is 0 Å². The molecule has 6 heteroatoms. The lowest BCUT2D eigenvalue weighted by atomic mass is 10.1. The van der Waals surface area contributed by atoms with Gasteiger partial charge in [-0.2, -0.15) is 0 Å². The third kappa shape index (κ3) is 4.80. The van der Waals surface area contributed by atoms with Gasteiger partial charge in [-0.3, -0.25) is 4.79 Å². The zero-order chi connectivity index (χ0) is 19.9. The summed E-state index contributed by atoms with van der Waals surface area (Å²) in [6.07, 6.45) is 4.54. The van der Waals surface area contributed by atoms with Crippen molar-refractivity contribution in [3.8, 4) is 0 Å². The van der Waals surface area contributed by atoms with Crippen LogP contribution < -0.4 is 10.2 Å². The van der Waals surface area contributed by atoms with Crippen LogP contribution in [0.2, 0.25) is 0 Å². The predicted octanol–water partition coefficient (Wildman–Crippen LogP) is 4.39. The molecule has 150 valence electrons. The number of amides is 1. The minimum atomic E-state index is -0.0132. The highest BCUT2D eigenvalue weighted by Crippen LogP contribution is 2.25. The van der Waals surface area contributed by atoms with Crippen LogP contribution in [0.3, 0.4) is 0 Å². The molecule has 1 aliphatic rings. The topological polar surface area (TPSA) is 61.4 Å². The van der Waals surface area contributed by atoms with Gasteiger partial charge in [-0.05, 0) is 69.5 Å². The minimum Gasteiger partial charge on any atom is -0.372 e. The first-order valence-electron chi connectivity index (χ1n) is 10.4. The monoisotopic (exact) mass is 381 g/mol. The van der Waals surface area contributed by atoms with E-state index in [1.807, 2.05) is 11.0 Å². The van der Waals surface area contributed by atoms with Crippen molar-refractivity contribution in [2.45, 2.75) is 46.5 Å². The van der Waals surface area contributed by atoms with Crippen LogP contribution in [0.25, 0.3) is 0 Å². The fourth-order valence-electron chi connectivity index (χ4n) is 3.66. The summed E-state index contributed by atoms with van der Waals surface area (Å²) in [4.78, 5) is 16.9. The maximum absolute atomic E-state index is 12.6.